The maximum Gasteiger partial charge on any atom is 0.269 e. The molecule has 0 aliphatic carbocycles. The van der Waals surface area contributed by atoms with E-state index >= 15 is 0 Å². The Labute approximate surface area is 187 Å². The molecule has 0 fully saturated rings. The number of furan rings is 1. The van der Waals surface area contributed by atoms with Gasteiger partial charge in [0.25, 0.3) is 11.2 Å². The third kappa shape index (κ3) is 4.76. The van der Waals surface area contributed by atoms with Crippen LogP contribution in [0.5, 0.6) is 5.75 Å². The lowest BCUT2D eigenvalue weighted by Crippen LogP contribution is -2.36. The zero-order chi connectivity index (χ0) is 22.9. The second-order valence-corrected chi connectivity index (χ2v) is 10.2. The standard InChI is InChI=1S/C18H22ClN5O5S2/c1-5-12(14-9-6-10(2)29-14)20-17-18(23-30(26)22-17)21-13-8-7-11(19)16(15(13)25)31(27,28)24(3)4/h6-9,12,25H,5H2,1-4H3,(H,20,22)(H,21,23)/t12-,30?/m1/s1. The Kier molecular flexibility index (Phi) is 6.74. The van der Waals surface area contributed by atoms with E-state index in [-0.39, 0.29) is 28.4 Å². The molecule has 13 heteroatoms. The first kappa shape index (κ1) is 23.3. The van der Waals surface area contributed by atoms with Gasteiger partial charge in [-0.2, -0.15) is 0 Å². The fourth-order valence-corrected chi connectivity index (χ4v) is 4.93. The lowest BCUT2D eigenvalue weighted by molar-refractivity contribution is 0.424. The molecular weight excluding hydrogens is 466 g/mol. The molecule has 2 heterocycles. The van der Waals surface area contributed by atoms with Crippen LogP contribution in [0, 0.1) is 6.92 Å². The summed E-state index contributed by atoms with van der Waals surface area (Å²) in [7, 11) is -1.37. The van der Waals surface area contributed by atoms with E-state index in [1.807, 2.05) is 26.0 Å². The molecule has 3 rings (SSSR count). The zero-order valence-electron chi connectivity index (χ0n) is 17.2. The number of hydrogen-bond acceptors (Lipinski definition) is 7. The van der Waals surface area contributed by atoms with Crippen molar-refractivity contribution in [3.63, 3.8) is 0 Å². The van der Waals surface area contributed by atoms with E-state index < -0.39 is 31.8 Å². The highest BCUT2D eigenvalue weighted by atomic mass is 35.5. The van der Waals surface area contributed by atoms with E-state index in [9.17, 15) is 17.7 Å². The molecule has 10 nitrogen and oxygen atoms in total. The summed E-state index contributed by atoms with van der Waals surface area (Å²) in [6.07, 6.45) is 0.642. The minimum Gasteiger partial charge on any atom is -0.504 e. The molecule has 2 atom stereocenters. The highest BCUT2D eigenvalue weighted by molar-refractivity contribution is 7.89. The van der Waals surface area contributed by atoms with E-state index in [0.29, 0.717) is 12.2 Å². The molecule has 1 aliphatic heterocycles. The van der Waals surface area contributed by atoms with E-state index in [0.717, 1.165) is 10.1 Å². The quantitative estimate of drug-likeness (QED) is 0.533. The summed E-state index contributed by atoms with van der Waals surface area (Å²) < 4.78 is 51.5. The topological polar surface area (TPSA) is 137 Å². The number of nitrogens with zero attached hydrogens (tertiary/aromatic N) is 3. The Morgan fingerprint density at radius 3 is 2.48 bits per heavy atom. The molecule has 168 valence electrons. The van der Waals surface area contributed by atoms with E-state index in [1.54, 1.807) is 0 Å². The number of benzene rings is 1. The molecule has 1 aromatic carbocycles. The Morgan fingerprint density at radius 1 is 1.23 bits per heavy atom. The van der Waals surface area contributed by atoms with Gasteiger partial charge in [-0.15, -0.1) is 8.80 Å². The smallest absolute Gasteiger partial charge is 0.269 e. The second kappa shape index (κ2) is 8.99. The average molecular weight is 488 g/mol. The van der Waals surface area contributed by atoms with Crippen molar-refractivity contribution in [2.45, 2.75) is 31.2 Å². The molecule has 3 N–H and O–H groups in total. The number of rotatable bonds is 6. The monoisotopic (exact) mass is 487 g/mol. The van der Waals surface area contributed by atoms with E-state index in [2.05, 4.69) is 19.4 Å². The summed E-state index contributed by atoms with van der Waals surface area (Å²) >= 11 is 4.16. The molecule has 0 bridgehead atoms. The van der Waals surface area contributed by atoms with Crippen molar-refractivity contribution >= 4 is 50.2 Å². The Balaban J connectivity index is 1.91. The lowest BCUT2D eigenvalue weighted by atomic mass is 10.1. The molecule has 2 aromatic rings. The van der Waals surface area contributed by atoms with Crippen LogP contribution in [0.2, 0.25) is 5.02 Å². The highest BCUT2D eigenvalue weighted by Crippen LogP contribution is 2.38. The van der Waals surface area contributed by atoms with Gasteiger partial charge in [0.1, 0.15) is 16.4 Å². The number of anilines is 1. The summed E-state index contributed by atoms with van der Waals surface area (Å²) in [6, 6.07) is 6.12. The lowest BCUT2D eigenvalue weighted by Gasteiger charge is -2.19. The van der Waals surface area contributed by atoms with Crippen molar-refractivity contribution in [2.24, 2.45) is 8.80 Å². The maximum absolute atomic E-state index is 12.6. The Bertz CT molecular complexity index is 1190. The first-order valence-corrected chi connectivity index (χ1v) is 12.1. The number of sulfonamides is 1. The minimum atomic E-state index is -4.02. The summed E-state index contributed by atoms with van der Waals surface area (Å²) in [5.41, 5.74) is 0.0128. The van der Waals surface area contributed by atoms with Crippen molar-refractivity contribution in [2.75, 3.05) is 19.4 Å². The Morgan fingerprint density at radius 2 is 1.90 bits per heavy atom. The Hall–Kier alpha value is -2.41. The number of phenolic OH excluding ortho intramolecular Hbond substituents is 1. The number of amidine groups is 2. The van der Waals surface area contributed by atoms with Crippen LogP contribution in [0.25, 0.3) is 0 Å². The summed E-state index contributed by atoms with van der Waals surface area (Å²) in [5, 5.41) is 16.4. The largest absolute Gasteiger partial charge is 0.504 e. The van der Waals surface area contributed by atoms with Gasteiger partial charge in [-0.25, -0.2) is 16.9 Å². The molecule has 0 amide bonds. The number of nitrogens with one attached hydrogen (secondary N) is 2. The van der Waals surface area contributed by atoms with Gasteiger partial charge in [-0.05, 0) is 37.6 Å². The third-order valence-electron chi connectivity index (χ3n) is 4.46. The molecule has 0 saturated heterocycles. The number of phenols is 1. The highest BCUT2D eigenvalue weighted by Gasteiger charge is 2.29. The fraction of sp³-hybridized carbons (Fsp3) is 0.333. The number of halogens is 1. The van der Waals surface area contributed by atoms with Gasteiger partial charge < -0.3 is 20.2 Å². The first-order chi connectivity index (χ1) is 14.5. The van der Waals surface area contributed by atoms with E-state index in [1.165, 1.54) is 26.2 Å². The fourth-order valence-electron chi connectivity index (χ4n) is 2.82. The molecular formula is C18H22ClN5O5S2. The van der Waals surface area contributed by atoms with Crippen molar-refractivity contribution < 1.29 is 22.2 Å². The van der Waals surface area contributed by atoms with Crippen LogP contribution in [-0.2, 0) is 21.2 Å². The van der Waals surface area contributed by atoms with Gasteiger partial charge in [-0.3, -0.25) is 0 Å². The van der Waals surface area contributed by atoms with Crippen molar-refractivity contribution in [1.29, 1.82) is 0 Å². The van der Waals surface area contributed by atoms with Crippen LogP contribution in [-0.4, -0.2) is 47.8 Å². The van der Waals surface area contributed by atoms with Crippen LogP contribution < -0.4 is 10.6 Å². The molecule has 1 aliphatic rings. The van der Waals surface area contributed by atoms with Crippen molar-refractivity contribution in [3.05, 3.63) is 40.8 Å². The van der Waals surface area contributed by atoms with Crippen LogP contribution in [0.1, 0.15) is 30.9 Å². The molecule has 1 unspecified atom stereocenters. The van der Waals surface area contributed by atoms with Crippen LogP contribution >= 0.6 is 11.6 Å². The van der Waals surface area contributed by atoms with Gasteiger partial charge in [-0.1, -0.05) is 18.5 Å². The second-order valence-electron chi connectivity index (χ2n) is 6.85. The summed E-state index contributed by atoms with van der Waals surface area (Å²) in [4.78, 5) is -0.451. The number of hydrogen-bond donors (Lipinski definition) is 3. The van der Waals surface area contributed by atoms with E-state index in [4.69, 9.17) is 16.0 Å². The van der Waals surface area contributed by atoms with Crippen LogP contribution in [0.3, 0.4) is 0 Å². The van der Waals surface area contributed by atoms with Gasteiger partial charge in [0.2, 0.25) is 10.0 Å². The third-order valence-corrected chi connectivity index (χ3v) is 7.46. The molecule has 0 spiro atoms. The van der Waals surface area contributed by atoms with Gasteiger partial charge in [0, 0.05) is 14.1 Å². The first-order valence-electron chi connectivity index (χ1n) is 9.18. The van der Waals surface area contributed by atoms with Crippen LogP contribution in [0.15, 0.2) is 42.4 Å². The number of aromatic hydroxyl groups is 1. The minimum absolute atomic E-state index is 0.0128. The molecule has 0 saturated carbocycles. The van der Waals surface area contributed by atoms with Gasteiger partial charge in [0.05, 0.1) is 16.8 Å². The predicted octanol–water partition coefficient (Wildman–Crippen LogP) is 2.74. The van der Waals surface area contributed by atoms with Crippen LogP contribution in [0.4, 0.5) is 5.69 Å². The molecule has 0 radical (unpaired) electrons. The molecule has 1 aromatic heterocycles. The SMILES string of the molecule is CC[C@@H](NC1=NS(=O)N=C1Nc1ccc(Cl)c(S(=O)(=O)N(C)C)c1O)c1ccc(C)o1. The zero-order valence-corrected chi connectivity index (χ0v) is 19.6. The van der Waals surface area contributed by atoms with Crippen molar-refractivity contribution in [3.8, 4) is 5.75 Å². The van der Waals surface area contributed by atoms with Crippen molar-refractivity contribution in [1.82, 2.24) is 9.62 Å². The maximum atomic E-state index is 12.6. The molecule has 31 heavy (non-hydrogen) atoms. The summed E-state index contributed by atoms with van der Waals surface area (Å²) in [5.74, 6) is 1.10. The average Bonchev–Trinajstić information content (AvgIpc) is 3.27. The number of aryl methyl sites for hydroxylation is 1. The summed E-state index contributed by atoms with van der Waals surface area (Å²) in [6.45, 7) is 3.77. The van der Waals surface area contributed by atoms with Gasteiger partial charge in [0.15, 0.2) is 17.4 Å². The van der Waals surface area contributed by atoms with Gasteiger partial charge >= 0.3 is 0 Å². The normalized spacial score (nSPS) is 17.4. The predicted molar refractivity (Wildman–Crippen MR) is 120 cm³/mol.